The van der Waals surface area contributed by atoms with Gasteiger partial charge in [-0.25, -0.2) is 4.98 Å². The highest BCUT2D eigenvalue weighted by Gasteiger charge is 2.17. The van der Waals surface area contributed by atoms with Crippen LogP contribution in [0.1, 0.15) is 23.1 Å². The third-order valence-electron chi connectivity index (χ3n) is 3.80. The summed E-state index contributed by atoms with van der Waals surface area (Å²) in [5, 5.41) is 22.9. The molecule has 3 aromatic rings. The average molecular weight is 375 g/mol. The molecule has 6 heteroatoms. The van der Waals surface area contributed by atoms with Gasteiger partial charge in [-0.3, -0.25) is 4.79 Å². The van der Waals surface area contributed by atoms with Crippen molar-refractivity contribution >= 4 is 33.9 Å². The van der Waals surface area contributed by atoms with Gasteiger partial charge in [0.25, 0.3) is 0 Å². The number of carbonyl (C=O) groups excluding carboxylic acids is 1. The molecule has 1 amide bonds. The van der Waals surface area contributed by atoms with Crippen molar-refractivity contribution in [1.82, 2.24) is 4.98 Å². The van der Waals surface area contributed by atoms with Crippen molar-refractivity contribution in [2.24, 2.45) is 0 Å². The number of rotatable bonds is 4. The van der Waals surface area contributed by atoms with Crippen LogP contribution in [-0.2, 0) is 4.79 Å². The van der Waals surface area contributed by atoms with Gasteiger partial charge in [0.1, 0.15) is 27.5 Å². The first kappa shape index (κ1) is 18.4. The summed E-state index contributed by atoms with van der Waals surface area (Å²) in [5.74, 6) is -0.0332. The Morgan fingerprint density at radius 1 is 1.19 bits per heavy atom. The van der Waals surface area contributed by atoms with E-state index < -0.39 is 0 Å². The molecule has 0 aliphatic carbocycles. The molecule has 0 unspecified atom stereocenters. The molecule has 0 aliphatic heterocycles. The number of hydrogen-bond donors (Lipinski definition) is 2. The Morgan fingerprint density at radius 3 is 2.44 bits per heavy atom. The molecule has 27 heavy (non-hydrogen) atoms. The molecular formula is C21H17N3O2S. The second-order valence-corrected chi connectivity index (χ2v) is 7.00. The highest BCUT2D eigenvalue weighted by molar-refractivity contribution is 7.17. The number of aromatic hydroxyl groups is 1. The van der Waals surface area contributed by atoms with E-state index in [0.29, 0.717) is 21.3 Å². The fourth-order valence-corrected chi connectivity index (χ4v) is 3.47. The highest BCUT2D eigenvalue weighted by Crippen LogP contribution is 2.36. The van der Waals surface area contributed by atoms with Crippen molar-refractivity contribution in [3.8, 4) is 23.1 Å². The van der Waals surface area contributed by atoms with E-state index >= 15 is 0 Å². The Labute approximate surface area is 161 Å². The molecule has 0 saturated heterocycles. The molecule has 0 fully saturated rings. The van der Waals surface area contributed by atoms with Gasteiger partial charge in [0.2, 0.25) is 5.91 Å². The number of hydrogen-bond acceptors (Lipinski definition) is 5. The lowest BCUT2D eigenvalue weighted by Gasteiger charge is -2.03. The molecule has 5 nitrogen and oxygen atoms in total. The third kappa shape index (κ3) is 4.40. The fourth-order valence-electron chi connectivity index (χ4n) is 2.47. The second kappa shape index (κ2) is 7.85. The minimum absolute atomic E-state index is 0.162. The van der Waals surface area contributed by atoms with Gasteiger partial charge in [-0.05, 0) is 30.7 Å². The van der Waals surface area contributed by atoms with Crippen LogP contribution in [0.25, 0.3) is 22.9 Å². The van der Waals surface area contributed by atoms with Crippen molar-refractivity contribution in [1.29, 1.82) is 5.26 Å². The Kier molecular flexibility index (Phi) is 5.34. The largest absolute Gasteiger partial charge is 0.508 e. The van der Waals surface area contributed by atoms with Crippen molar-refractivity contribution in [2.75, 3.05) is 5.32 Å². The lowest BCUT2D eigenvalue weighted by atomic mass is 10.1. The SMILES string of the molecule is CC(=O)Nc1sc(C(C#N)=Cc2ccc(O)cc2)nc1-c1ccc(C)cc1. The zero-order valence-corrected chi connectivity index (χ0v) is 15.7. The number of anilines is 1. The first-order chi connectivity index (χ1) is 13.0. The Morgan fingerprint density at radius 2 is 1.85 bits per heavy atom. The number of thiazole rings is 1. The fraction of sp³-hybridized carbons (Fsp3) is 0.0952. The lowest BCUT2D eigenvalue weighted by Crippen LogP contribution is -2.05. The summed E-state index contributed by atoms with van der Waals surface area (Å²) in [7, 11) is 0. The first-order valence-electron chi connectivity index (χ1n) is 8.23. The van der Waals surface area contributed by atoms with Gasteiger partial charge in [0.15, 0.2) is 0 Å². The topological polar surface area (TPSA) is 86.0 Å². The van der Waals surface area contributed by atoms with E-state index in [9.17, 15) is 15.2 Å². The van der Waals surface area contributed by atoms with Crippen molar-refractivity contribution in [3.63, 3.8) is 0 Å². The van der Waals surface area contributed by atoms with Crippen LogP contribution in [0.15, 0.2) is 48.5 Å². The molecule has 1 heterocycles. The Hall–Kier alpha value is -3.43. The maximum Gasteiger partial charge on any atom is 0.221 e. The number of nitrogens with one attached hydrogen (secondary N) is 1. The molecule has 0 bridgehead atoms. The monoisotopic (exact) mass is 375 g/mol. The highest BCUT2D eigenvalue weighted by atomic mass is 32.1. The average Bonchev–Trinajstić information content (AvgIpc) is 3.04. The zero-order valence-electron chi connectivity index (χ0n) is 14.9. The van der Waals surface area contributed by atoms with Gasteiger partial charge >= 0.3 is 0 Å². The molecular weight excluding hydrogens is 358 g/mol. The molecule has 1 aromatic heterocycles. The van der Waals surface area contributed by atoms with E-state index in [0.717, 1.165) is 16.7 Å². The van der Waals surface area contributed by atoms with Crippen LogP contribution in [-0.4, -0.2) is 16.0 Å². The molecule has 0 aliphatic rings. The number of phenols is 1. The van der Waals surface area contributed by atoms with Crippen LogP contribution >= 0.6 is 11.3 Å². The summed E-state index contributed by atoms with van der Waals surface area (Å²) in [6.45, 7) is 3.44. The second-order valence-electron chi connectivity index (χ2n) is 6.01. The molecule has 2 aromatic carbocycles. The molecule has 2 N–H and O–H groups in total. The van der Waals surface area contributed by atoms with E-state index in [1.165, 1.54) is 18.3 Å². The minimum atomic E-state index is -0.195. The van der Waals surface area contributed by atoms with Crippen LogP contribution in [0.5, 0.6) is 5.75 Å². The van der Waals surface area contributed by atoms with Crippen LogP contribution in [0, 0.1) is 18.3 Å². The van der Waals surface area contributed by atoms with E-state index in [1.54, 1.807) is 30.3 Å². The number of benzene rings is 2. The number of allylic oxidation sites excluding steroid dienone is 1. The van der Waals surface area contributed by atoms with E-state index in [1.807, 2.05) is 31.2 Å². The molecule has 0 radical (unpaired) electrons. The molecule has 0 spiro atoms. The number of phenolic OH excluding ortho intramolecular Hbond substituents is 1. The van der Waals surface area contributed by atoms with Gasteiger partial charge in [-0.1, -0.05) is 53.3 Å². The van der Waals surface area contributed by atoms with Gasteiger partial charge in [0, 0.05) is 12.5 Å². The summed E-state index contributed by atoms with van der Waals surface area (Å²) in [6, 6.07) is 16.6. The molecule has 0 saturated carbocycles. The summed E-state index contributed by atoms with van der Waals surface area (Å²) < 4.78 is 0. The number of aryl methyl sites for hydroxylation is 1. The summed E-state index contributed by atoms with van der Waals surface area (Å²) >= 11 is 1.26. The normalized spacial score (nSPS) is 11.1. The Balaban J connectivity index is 2.06. The van der Waals surface area contributed by atoms with Gasteiger partial charge in [-0.15, -0.1) is 0 Å². The maximum atomic E-state index is 11.6. The maximum absolute atomic E-state index is 11.6. The third-order valence-corrected chi connectivity index (χ3v) is 4.80. The molecule has 0 atom stereocenters. The van der Waals surface area contributed by atoms with Crippen LogP contribution in [0.3, 0.4) is 0 Å². The van der Waals surface area contributed by atoms with E-state index in [4.69, 9.17) is 0 Å². The smallest absolute Gasteiger partial charge is 0.221 e. The van der Waals surface area contributed by atoms with Crippen molar-refractivity contribution < 1.29 is 9.90 Å². The van der Waals surface area contributed by atoms with Gasteiger partial charge in [-0.2, -0.15) is 5.26 Å². The standard InChI is InChI=1S/C21H17N3O2S/c1-13-3-7-16(8-4-13)19-21(23-14(2)25)27-20(24-19)17(12-22)11-15-5-9-18(26)10-6-15/h3-11,26H,1-2H3,(H,23,25). The zero-order chi connectivity index (χ0) is 19.4. The number of nitrogens with zero attached hydrogens (tertiary/aromatic N) is 2. The quantitative estimate of drug-likeness (QED) is 0.639. The predicted molar refractivity (Wildman–Crippen MR) is 108 cm³/mol. The number of amides is 1. The number of aromatic nitrogens is 1. The summed E-state index contributed by atoms with van der Waals surface area (Å²) in [6.07, 6.45) is 1.70. The minimum Gasteiger partial charge on any atom is -0.508 e. The molecule has 3 rings (SSSR count). The van der Waals surface area contributed by atoms with Crippen molar-refractivity contribution in [3.05, 3.63) is 64.7 Å². The van der Waals surface area contributed by atoms with E-state index in [-0.39, 0.29) is 11.7 Å². The summed E-state index contributed by atoms with van der Waals surface area (Å²) in [4.78, 5) is 16.2. The van der Waals surface area contributed by atoms with Crippen LogP contribution in [0.4, 0.5) is 5.00 Å². The van der Waals surface area contributed by atoms with Crippen LogP contribution < -0.4 is 5.32 Å². The molecule has 134 valence electrons. The summed E-state index contributed by atoms with van der Waals surface area (Å²) in [5.41, 5.74) is 3.79. The van der Waals surface area contributed by atoms with Gasteiger partial charge < -0.3 is 10.4 Å². The number of nitriles is 1. The van der Waals surface area contributed by atoms with Gasteiger partial charge in [0.05, 0.1) is 5.57 Å². The predicted octanol–water partition coefficient (Wildman–Crippen LogP) is 4.85. The van der Waals surface area contributed by atoms with Crippen molar-refractivity contribution in [2.45, 2.75) is 13.8 Å². The Bertz CT molecular complexity index is 1040. The van der Waals surface area contributed by atoms with Crippen LogP contribution in [0.2, 0.25) is 0 Å². The lowest BCUT2D eigenvalue weighted by molar-refractivity contribution is -0.114. The first-order valence-corrected chi connectivity index (χ1v) is 9.04. The number of carbonyl (C=O) groups is 1. The van der Waals surface area contributed by atoms with E-state index in [2.05, 4.69) is 16.4 Å².